The molecule has 8 rings (SSSR count). The number of carbonyl (C=O) groups is 2. The Kier molecular flexibility index (Phi) is 8.02. The predicted molar refractivity (Wildman–Crippen MR) is 187 cm³/mol. The van der Waals surface area contributed by atoms with Crippen molar-refractivity contribution in [3.05, 3.63) is 77.1 Å². The van der Waals surface area contributed by atoms with Gasteiger partial charge in [0.2, 0.25) is 0 Å². The molecule has 0 radical (unpaired) electrons. The zero-order valence-corrected chi connectivity index (χ0v) is 28.3. The highest BCUT2D eigenvalue weighted by molar-refractivity contribution is 5.97. The average molecular weight is 662 g/mol. The first-order valence-corrected chi connectivity index (χ1v) is 17.5. The van der Waals surface area contributed by atoms with Crippen LogP contribution in [-0.4, -0.2) is 67.5 Å². The van der Waals surface area contributed by atoms with Gasteiger partial charge in [-0.15, -0.1) is 0 Å². The van der Waals surface area contributed by atoms with Crippen LogP contribution in [0, 0.1) is 6.92 Å². The van der Waals surface area contributed by atoms with Crippen LogP contribution < -0.4 is 20.5 Å². The van der Waals surface area contributed by atoms with Gasteiger partial charge in [-0.1, -0.05) is 25.0 Å². The fourth-order valence-corrected chi connectivity index (χ4v) is 8.14. The largest absolute Gasteiger partial charge is 0.493 e. The van der Waals surface area contributed by atoms with Gasteiger partial charge in [0.1, 0.15) is 22.7 Å². The lowest BCUT2D eigenvalue weighted by atomic mass is 9.97. The standard InChI is InChI=1S/C38H43N7O4/c1-22-29-14-12-24-18-31(43(36(24)41-29)16-8-4-5-9-17-49-32-11-7-6-10-27(32)37(46)40-22)35-23(2)44-33(42-35)19-25(20-34(44)48-3)38(47)45-26-13-15-30(45)28(39)21-26/h6-7,10-12,14,18-20,22,26,28,30H,4-5,8-9,13,15-17,21,39H2,1-3H3,(H,40,46)/t22-,26+,28-,30-/m1/s1. The van der Waals surface area contributed by atoms with Gasteiger partial charge in [-0.2, -0.15) is 0 Å². The smallest absolute Gasteiger partial charge is 0.255 e. The van der Waals surface area contributed by atoms with E-state index in [1.165, 1.54) is 0 Å². The summed E-state index contributed by atoms with van der Waals surface area (Å²) in [6.45, 7) is 5.30. The summed E-state index contributed by atoms with van der Waals surface area (Å²) in [4.78, 5) is 39.5. The van der Waals surface area contributed by atoms with E-state index in [9.17, 15) is 9.59 Å². The molecule has 0 saturated carbocycles. The van der Waals surface area contributed by atoms with Crippen molar-refractivity contribution in [1.29, 1.82) is 0 Å². The maximum atomic E-state index is 13.9. The summed E-state index contributed by atoms with van der Waals surface area (Å²) in [7, 11) is 1.63. The first kappa shape index (κ1) is 31.4. The Morgan fingerprint density at radius 1 is 1.04 bits per heavy atom. The van der Waals surface area contributed by atoms with Crippen LogP contribution in [0.25, 0.3) is 28.1 Å². The molecule has 0 spiro atoms. The number of para-hydroxylation sites is 1. The molecule has 2 fully saturated rings. The lowest BCUT2D eigenvalue weighted by molar-refractivity contribution is 0.0725. The van der Waals surface area contributed by atoms with Gasteiger partial charge in [-0.05, 0) is 82.3 Å². The molecule has 11 heteroatoms. The van der Waals surface area contributed by atoms with Gasteiger partial charge < -0.3 is 30.0 Å². The molecule has 254 valence electrons. The van der Waals surface area contributed by atoms with Crippen molar-refractivity contribution >= 4 is 28.5 Å². The number of pyridine rings is 2. The second-order valence-electron chi connectivity index (χ2n) is 13.7. The monoisotopic (exact) mass is 661 g/mol. The van der Waals surface area contributed by atoms with Crippen LogP contribution in [0.1, 0.15) is 90.0 Å². The molecule has 11 nitrogen and oxygen atoms in total. The van der Waals surface area contributed by atoms with E-state index >= 15 is 0 Å². The number of nitrogens with zero attached hydrogens (tertiary/aromatic N) is 5. The predicted octanol–water partition coefficient (Wildman–Crippen LogP) is 5.82. The van der Waals surface area contributed by atoms with E-state index in [2.05, 4.69) is 22.0 Å². The number of hydrogen-bond donors (Lipinski definition) is 2. The van der Waals surface area contributed by atoms with Crippen molar-refractivity contribution in [3.8, 4) is 23.0 Å². The minimum atomic E-state index is -0.331. The molecule has 2 saturated heterocycles. The first-order valence-electron chi connectivity index (χ1n) is 17.5. The highest BCUT2D eigenvalue weighted by Gasteiger charge is 2.47. The molecule has 3 aliphatic rings. The lowest BCUT2D eigenvalue weighted by Crippen LogP contribution is -2.40. The SMILES string of the molecule is COc1cc(C(=O)N2[C@H]3CC[C@@H]2[C@H](N)C3)cc2nc(-c3cc4ccc5nc4n3CCCCCCOc3ccccc3C(=O)N[C@@H]5C)c(C)n12. The summed E-state index contributed by atoms with van der Waals surface area (Å²) in [6, 6.07) is 17.3. The Balaban J connectivity index is 1.19. The number of aromatic nitrogens is 4. The fraction of sp³-hybridized carbons (Fsp3) is 0.421. The summed E-state index contributed by atoms with van der Waals surface area (Å²) in [5.74, 6) is 0.958. The van der Waals surface area contributed by atoms with Crippen molar-refractivity contribution in [2.45, 2.75) is 89.5 Å². The second kappa shape index (κ2) is 12.5. The molecule has 49 heavy (non-hydrogen) atoms. The zero-order chi connectivity index (χ0) is 33.8. The number of fused-ring (bicyclic) bond motifs is 5. The number of ether oxygens (including phenoxy) is 2. The maximum Gasteiger partial charge on any atom is 0.255 e. The molecule has 7 heterocycles. The van der Waals surface area contributed by atoms with E-state index in [0.717, 1.165) is 85.3 Å². The van der Waals surface area contributed by atoms with Crippen molar-refractivity contribution in [2.24, 2.45) is 5.73 Å². The summed E-state index contributed by atoms with van der Waals surface area (Å²) < 4.78 is 16.1. The van der Waals surface area contributed by atoms with E-state index in [1.54, 1.807) is 13.2 Å². The van der Waals surface area contributed by atoms with Gasteiger partial charge in [0.25, 0.3) is 11.8 Å². The molecule has 0 aliphatic carbocycles. The minimum Gasteiger partial charge on any atom is -0.493 e. The number of nitrogens with one attached hydrogen (secondary N) is 1. The van der Waals surface area contributed by atoms with Gasteiger partial charge in [-0.25, -0.2) is 9.97 Å². The van der Waals surface area contributed by atoms with Crippen LogP contribution in [0.3, 0.4) is 0 Å². The number of amides is 2. The van der Waals surface area contributed by atoms with Crippen LogP contribution in [0.4, 0.5) is 0 Å². The molecule has 4 atom stereocenters. The molecule has 1 aromatic carbocycles. The van der Waals surface area contributed by atoms with E-state index in [4.69, 9.17) is 25.2 Å². The van der Waals surface area contributed by atoms with Crippen LogP contribution in [0.5, 0.6) is 11.6 Å². The number of rotatable bonds is 3. The Morgan fingerprint density at radius 2 is 1.88 bits per heavy atom. The third-order valence-corrected chi connectivity index (χ3v) is 10.7. The Hall–Kier alpha value is -4.90. The maximum absolute atomic E-state index is 13.9. The van der Waals surface area contributed by atoms with E-state index in [1.807, 2.05) is 59.5 Å². The third-order valence-electron chi connectivity index (χ3n) is 10.7. The van der Waals surface area contributed by atoms with E-state index < -0.39 is 0 Å². The van der Waals surface area contributed by atoms with Gasteiger partial charge in [-0.3, -0.25) is 14.0 Å². The number of benzene rings is 1. The molecule has 2 amide bonds. The minimum absolute atomic E-state index is 0.0101. The Labute approximate surface area is 285 Å². The molecule has 0 unspecified atom stereocenters. The van der Waals surface area contributed by atoms with Crippen molar-refractivity contribution in [3.63, 3.8) is 0 Å². The number of nitrogens with two attached hydrogens (primary N) is 1. The average Bonchev–Trinajstić information content (AvgIpc) is 3.86. The van der Waals surface area contributed by atoms with Gasteiger partial charge in [0, 0.05) is 41.7 Å². The summed E-state index contributed by atoms with van der Waals surface area (Å²) >= 11 is 0. The molecule has 4 aromatic heterocycles. The lowest BCUT2D eigenvalue weighted by Gasteiger charge is -2.23. The number of imidazole rings is 1. The Morgan fingerprint density at radius 3 is 2.67 bits per heavy atom. The van der Waals surface area contributed by atoms with Gasteiger partial charge in [0.15, 0.2) is 5.88 Å². The van der Waals surface area contributed by atoms with Crippen molar-refractivity contribution in [2.75, 3.05) is 13.7 Å². The highest BCUT2D eigenvalue weighted by atomic mass is 16.5. The molecular formula is C38H43N7O4. The first-order chi connectivity index (χ1) is 23.8. The van der Waals surface area contributed by atoms with Gasteiger partial charge >= 0.3 is 0 Å². The molecule has 3 N–H and O–H groups in total. The number of aryl methyl sites for hydroxylation is 2. The molecule has 5 aromatic rings. The summed E-state index contributed by atoms with van der Waals surface area (Å²) in [5, 5.41) is 4.12. The number of carbonyl (C=O) groups excluding carboxylic acids is 2. The topological polar surface area (TPSA) is 129 Å². The van der Waals surface area contributed by atoms with Crippen molar-refractivity contribution < 1.29 is 19.1 Å². The molecular weight excluding hydrogens is 618 g/mol. The van der Waals surface area contributed by atoms with Crippen LogP contribution in [0.15, 0.2) is 54.6 Å². The quantitative estimate of drug-likeness (QED) is 0.250. The number of methoxy groups -OCH3 is 1. The van der Waals surface area contributed by atoms with E-state index in [0.29, 0.717) is 35.0 Å². The highest BCUT2D eigenvalue weighted by Crippen LogP contribution is 2.39. The van der Waals surface area contributed by atoms with Crippen molar-refractivity contribution in [1.82, 2.24) is 29.2 Å². The van der Waals surface area contributed by atoms with Gasteiger partial charge in [0.05, 0.1) is 42.4 Å². The van der Waals surface area contributed by atoms with Crippen LogP contribution in [-0.2, 0) is 6.54 Å². The fourth-order valence-electron chi connectivity index (χ4n) is 8.14. The Bertz CT molecular complexity index is 2080. The van der Waals surface area contributed by atoms with E-state index in [-0.39, 0.29) is 36.0 Å². The third kappa shape index (κ3) is 5.40. The summed E-state index contributed by atoms with van der Waals surface area (Å²) in [6.07, 6.45) is 6.69. The molecule has 3 aliphatic heterocycles. The van der Waals surface area contributed by atoms with Crippen LogP contribution >= 0.6 is 0 Å². The second-order valence-corrected chi connectivity index (χ2v) is 13.7. The molecule has 4 bridgehead atoms. The normalized spacial score (nSPS) is 22.8. The zero-order valence-electron chi connectivity index (χ0n) is 28.3. The van der Waals surface area contributed by atoms with Crippen LogP contribution in [0.2, 0.25) is 0 Å². The summed E-state index contributed by atoms with van der Waals surface area (Å²) in [5.41, 5.74) is 12.4. The number of hydrogen-bond acceptors (Lipinski definition) is 7.